The van der Waals surface area contributed by atoms with Crippen LogP contribution in [0.1, 0.15) is 65.2 Å². The fourth-order valence-electron chi connectivity index (χ4n) is 2.89. The summed E-state index contributed by atoms with van der Waals surface area (Å²) in [6, 6.07) is 0. The molecule has 0 atom stereocenters. The second-order valence-corrected chi connectivity index (χ2v) is 7.86. The Morgan fingerprint density at radius 1 is 0.708 bits per heavy atom. The van der Waals surface area contributed by atoms with E-state index in [1.807, 2.05) is 12.4 Å². The summed E-state index contributed by atoms with van der Waals surface area (Å²) >= 11 is 7.28. The van der Waals surface area contributed by atoms with Crippen LogP contribution < -0.4 is 0 Å². The summed E-state index contributed by atoms with van der Waals surface area (Å²) in [4.78, 5) is 9.23. The monoisotopic (exact) mass is 458 g/mol. The normalized spacial score (nSPS) is 11.3. The first kappa shape index (κ1) is 19.7. The maximum Gasteiger partial charge on any atom is 0.177 e. The molecule has 0 aromatic carbocycles. The molecule has 2 aromatic rings. The highest BCUT2D eigenvalue weighted by atomic mass is 79.9. The van der Waals surface area contributed by atoms with Gasteiger partial charge >= 0.3 is 0 Å². The summed E-state index contributed by atoms with van der Waals surface area (Å²) in [5, 5.41) is 0. The number of hydrogen-bond donors (Lipinski definition) is 0. The summed E-state index contributed by atoms with van der Waals surface area (Å²) in [7, 11) is 0. The predicted molar refractivity (Wildman–Crippen MR) is 107 cm³/mol. The lowest BCUT2D eigenvalue weighted by Gasteiger charge is -2.12. The largest absolute Gasteiger partial charge is 0.316 e. The molecule has 0 spiro atoms. The molecule has 0 fully saturated rings. The smallest absolute Gasteiger partial charge is 0.177 e. The lowest BCUT2D eigenvalue weighted by molar-refractivity contribution is 0.564. The first-order chi connectivity index (χ1) is 11.7. The SMILES string of the molecule is CCCCCCn1c(Br)cnc1-c1ncc(Br)n1CCCCCC. The van der Waals surface area contributed by atoms with Gasteiger partial charge in [-0.3, -0.25) is 0 Å². The van der Waals surface area contributed by atoms with E-state index in [-0.39, 0.29) is 0 Å². The lowest BCUT2D eigenvalue weighted by atomic mass is 10.2. The van der Waals surface area contributed by atoms with Crippen LogP contribution in [0.15, 0.2) is 21.6 Å². The van der Waals surface area contributed by atoms with Crippen molar-refractivity contribution in [2.45, 2.75) is 78.3 Å². The zero-order valence-electron chi connectivity index (χ0n) is 14.8. The third kappa shape index (κ3) is 5.19. The van der Waals surface area contributed by atoms with Crippen LogP contribution in [0.2, 0.25) is 0 Å². The highest BCUT2D eigenvalue weighted by Crippen LogP contribution is 2.26. The van der Waals surface area contributed by atoms with Crippen molar-refractivity contribution >= 4 is 31.9 Å². The second kappa shape index (κ2) is 10.4. The third-order valence-electron chi connectivity index (χ3n) is 4.28. The van der Waals surface area contributed by atoms with Crippen molar-refractivity contribution in [2.75, 3.05) is 0 Å². The Labute approximate surface area is 162 Å². The standard InChI is InChI=1S/C18H28Br2N4/c1-3-5-7-9-11-23-15(19)13-21-17(23)18-22-14-16(20)24(18)12-10-8-6-4-2/h13-14H,3-12H2,1-2H3. The number of halogens is 2. The van der Waals surface area contributed by atoms with Crippen molar-refractivity contribution in [3.05, 3.63) is 21.6 Å². The Morgan fingerprint density at radius 3 is 1.50 bits per heavy atom. The Hall–Kier alpha value is -0.620. The minimum atomic E-state index is 0.958. The van der Waals surface area contributed by atoms with E-state index >= 15 is 0 Å². The van der Waals surface area contributed by atoms with Gasteiger partial charge < -0.3 is 9.13 Å². The molecular formula is C18H28Br2N4. The van der Waals surface area contributed by atoms with Crippen molar-refractivity contribution in [1.82, 2.24) is 19.1 Å². The van der Waals surface area contributed by atoms with Crippen LogP contribution >= 0.6 is 31.9 Å². The summed E-state index contributed by atoms with van der Waals surface area (Å²) in [5.74, 6) is 1.92. The van der Waals surface area contributed by atoms with Gasteiger partial charge in [0.05, 0.1) is 12.4 Å². The molecule has 0 saturated carbocycles. The Balaban J connectivity index is 2.13. The first-order valence-corrected chi connectivity index (χ1v) is 10.7. The van der Waals surface area contributed by atoms with E-state index in [1.165, 1.54) is 51.4 Å². The molecule has 2 aromatic heterocycles. The van der Waals surface area contributed by atoms with Crippen molar-refractivity contribution in [3.8, 4) is 11.6 Å². The van der Waals surface area contributed by atoms with Gasteiger partial charge in [0.1, 0.15) is 9.21 Å². The molecule has 24 heavy (non-hydrogen) atoms. The Bertz CT molecular complexity index is 564. The second-order valence-electron chi connectivity index (χ2n) is 6.23. The molecule has 0 bridgehead atoms. The maximum atomic E-state index is 4.62. The molecule has 0 saturated heterocycles. The number of aromatic nitrogens is 4. The topological polar surface area (TPSA) is 35.6 Å². The summed E-state index contributed by atoms with van der Waals surface area (Å²) in [6.07, 6.45) is 13.7. The van der Waals surface area contributed by atoms with Gasteiger partial charge in [0.2, 0.25) is 0 Å². The van der Waals surface area contributed by atoms with Gasteiger partial charge in [0, 0.05) is 13.1 Å². The molecule has 0 aliphatic heterocycles. The first-order valence-electron chi connectivity index (χ1n) is 9.11. The molecule has 0 N–H and O–H groups in total. The molecule has 0 radical (unpaired) electrons. The van der Waals surface area contributed by atoms with Gasteiger partial charge in [0.25, 0.3) is 0 Å². The van der Waals surface area contributed by atoms with Gasteiger partial charge in [-0.1, -0.05) is 52.4 Å². The number of imidazole rings is 2. The van der Waals surface area contributed by atoms with E-state index in [2.05, 4.69) is 64.8 Å². The zero-order chi connectivity index (χ0) is 17.4. The molecule has 134 valence electrons. The molecule has 0 aliphatic rings. The van der Waals surface area contributed by atoms with E-state index in [0.29, 0.717) is 0 Å². The van der Waals surface area contributed by atoms with Crippen LogP contribution in [0.25, 0.3) is 11.6 Å². The molecule has 2 rings (SSSR count). The molecular weight excluding hydrogens is 432 g/mol. The number of hydrogen-bond acceptors (Lipinski definition) is 2. The third-order valence-corrected chi connectivity index (χ3v) is 5.55. The van der Waals surface area contributed by atoms with Crippen LogP contribution in [-0.2, 0) is 13.1 Å². The van der Waals surface area contributed by atoms with Gasteiger partial charge in [-0.15, -0.1) is 0 Å². The Kier molecular flexibility index (Phi) is 8.53. The number of unbranched alkanes of at least 4 members (excludes halogenated alkanes) is 6. The molecule has 4 nitrogen and oxygen atoms in total. The van der Waals surface area contributed by atoms with Crippen LogP contribution in [0, 0.1) is 0 Å². The van der Waals surface area contributed by atoms with Crippen molar-refractivity contribution in [2.24, 2.45) is 0 Å². The summed E-state index contributed by atoms with van der Waals surface area (Å²) < 4.78 is 6.55. The van der Waals surface area contributed by atoms with Gasteiger partial charge in [-0.05, 0) is 44.7 Å². The van der Waals surface area contributed by atoms with Crippen molar-refractivity contribution < 1.29 is 0 Å². The lowest BCUT2D eigenvalue weighted by Crippen LogP contribution is -2.07. The Morgan fingerprint density at radius 2 is 1.12 bits per heavy atom. The minimum Gasteiger partial charge on any atom is -0.316 e. The average molecular weight is 460 g/mol. The van der Waals surface area contributed by atoms with Gasteiger partial charge in [-0.2, -0.15) is 0 Å². The molecule has 0 amide bonds. The van der Waals surface area contributed by atoms with E-state index in [0.717, 1.165) is 33.9 Å². The van der Waals surface area contributed by atoms with E-state index in [9.17, 15) is 0 Å². The zero-order valence-corrected chi connectivity index (χ0v) is 17.9. The van der Waals surface area contributed by atoms with Crippen molar-refractivity contribution in [1.29, 1.82) is 0 Å². The highest BCUT2D eigenvalue weighted by molar-refractivity contribution is 9.10. The highest BCUT2D eigenvalue weighted by Gasteiger charge is 2.17. The van der Waals surface area contributed by atoms with Crippen LogP contribution in [-0.4, -0.2) is 19.1 Å². The van der Waals surface area contributed by atoms with Crippen LogP contribution in [0.4, 0.5) is 0 Å². The number of nitrogens with zero attached hydrogens (tertiary/aromatic N) is 4. The van der Waals surface area contributed by atoms with Gasteiger partial charge in [-0.25, -0.2) is 9.97 Å². The summed E-state index contributed by atoms with van der Waals surface area (Å²) in [5.41, 5.74) is 0. The quantitative estimate of drug-likeness (QED) is 0.362. The van der Waals surface area contributed by atoms with E-state index in [1.54, 1.807) is 0 Å². The van der Waals surface area contributed by atoms with Gasteiger partial charge in [0.15, 0.2) is 11.6 Å². The number of rotatable bonds is 11. The average Bonchev–Trinajstić information content (AvgIpc) is 3.11. The fourth-order valence-corrected chi connectivity index (χ4v) is 3.78. The summed E-state index contributed by atoms with van der Waals surface area (Å²) in [6.45, 7) is 6.45. The van der Waals surface area contributed by atoms with Crippen LogP contribution in [0.5, 0.6) is 0 Å². The van der Waals surface area contributed by atoms with Crippen LogP contribution in [0.3, 0.4) is 0 Å². The maximum absolute atomic E-state index is 4.62. The van der Waals surface area contributed by atoms with Crippen molar-refractivity contribution in [3.63, 3.8) is 0 Å². The van der Waals surface area contributed by atoms with E-state index in [4.69, 9.17) is 0 Å². The fraction of sp³-hybridized carbons (Fsp3) is 0.667. The van der Waals surface area contributed by atoms with E-state index < -0.39 is 0 Å². The molecule has 0 aliphatic carbocycles. The predicted octanol–water partition coefficient (Wildman–Crippen LogP) is 6.43. The minimum absolute atomic E-state index is 0.958. The molecule has 6 heteroatoms. The molecule has 0 unspecified atom stereocenters. The molecule has 2 heterocycles.